The van der Waals surface area contributed by atoms with Crippen LogP contribution in [0.3, 0.4) is 0 Å². The summed E-state index contributed by atoms with van der Waals surface area (Å²) < 4.78 is 13.2. The SMILES string of the molecule is CC[C@@]1(O)C(=O)OCc2c1cc1n(c2=O)Cc2cc3c(C[N+](C)(C)C(C)C)c(OC)c(Cl)cc3nc2-1. The van der Waals surface area contributed by atoms with Crippen LogP contribution in [0.4, 0.5) is 0 Å². The highest BCUT2D eigenvalue weighted by atomic mass is 35.5. The summed E-state index contributed by atoms with van der Waals surface area (Å²) in [5.74, 6) is -0.106. The van der Waals surface area contributed by atoms with Crippen molar-refractivity contribution in [3.8, 4) is 17.1 Å². The number of aliphatic hydroxyl groups is 1. The number of rotatable bonds is 5. The van der Waals surface area contributed by atoms with Crippen molar-refractivity contribution in [1.82, 2.24) is 9.55 Å². The molecule has 9 heteroatoms. The van der Waals surface area contributed by atoms with Gasteiger partial charge in [0.2, 0.25) is 0 Å². The molecule has 2 aliphatic heterocycles. The van der Waals surface area contributed by atoms with Gasteiger partial charge in [0.05, 0.1) is 66.8 Å². The Kier molecular flexibility index (Phi) is 5.70. The summed E-state index contributed by atoms with van der Waals surface area (Å²) in [6.07, 6.45) is 0.0996. The fourth-order valence-corrected chi connectivity index (χ4v) is 5.40. The first-order valence-corrected chi connectivity index (χ1v) is 12.5. The molecule has 8 nitrogen and oxygen atoms in total. The lowest BCUT2D eigenvalue weighted by atomic mass is 9.86. The number of pyridine rings is 2. The van der Waals surface area contributed by atoms with Crippen molar-refractivity contribution in [3.63, 3.8) is 0 Å². The van der Waals surface area contributed by atoms with Crippen LogP contribution in [0.2, 0.25) is 5.02 Å². The number of halogens is 1. The average molecular weight is 513 g/mol. The number of benzene rings is 1. The summed E-state index contributed by atoms with van der Waals surface area (Å²) in [5, 5.41) is 12.5. The first kappa shape index (κ1) is 24.7. The van der Waals surface area contributed by atoms with E-state index < -0.39 is 11.6 Å². The van der Waals surface area contributed by atoms with Gasteiger partial charge in [-0.25, -0.2) is 9.78 Å². The van der Waals surface area contributed by atoms with Gasteiger partial charge in [0.15, 0.2) is 5.60 Å². The highest BCUT2D eigenvalue weighted by Gasteiger charge is 2.45. The van der Waals surface area contributed by atoms with Gasteiger partial charge >= 0.3 is 5.97 Å². The average Bonchev–Trinajstić information content (AvgIpc) is 3.18. The molecule has 0 saturated heterocycles. The Morgan fingerprint density at radius 3 is 2.64 bits per heavy atom. The molecule has 190 valence electrons. The maximum atomic E-state index is 13.5. The van der Waals surface area contributed by atoms with Crippen LogP contribution in [-0.4, -0.2) is 52.4 Å². The molecule has 4 heterocycles. The molecule has 2 aliphatic rings. The Labute approximate surface area is 214 Å². The van der Waals surface area contributed by atoms with Crippen LogP contribution in [-0.2, 0) is 34.8 Å². The maximum absolute atomic E-state index is 13.5. The van der Waals surface area contributed by atoms with E-state index in [4.69, 9.17) is 26.1 Å². The molecular weight excluding hydrogens is 482 g/mol. The van der Waals surface area contributed by atoms with Crippen molar-refractivity contribution < 1.29 is 23.9 Å². The zero-order chi connectivity index (χ0) is 26.2. The number of hydrogen-bond donors (Lipinski definition) is 1. The Morgan fingerprint density at radius 1 is 1.28 bits per heavy atom. The Balaban J connectivity index is 1.75. The molecule has 0 fully saturated rings. The van der Waals surface area contributed by atoms with Gasteiger partial charge in [-0.3, -0.25) is 4.79 Å². The van der Waals surface area contributed by atoms with Crippen molar-refractivity contribution in [1.29, 1.82) is 0 Å². The number of ether oxygens (including phenoxy) is 2. The highest BCUT2D eigenvalue weighted by Crippen LogP contribution is 2.42. The summed E-state index contributed by atoms with van der Waals surface area (Å²) in [6.45, 7) is 6.90. The van der Waals surface area contributed by atoms with Gasteiger partial charge in [-0.1, -0.05) is 18.5 Å². The van der Waals surface area contributed by atoms with E-state index in [1.54, 1.807) is 30.7 Å². The Bertz CT molecular complexity index is 1490. The summed E-state index contributed by atoms with van der Waals surface area (Å²) in [6, 6.07) is 5.93. The van der Waals surface area contributed by atoms with E-state index in [-0.39, 0.29) is 18.6 Å². The van der Waals surface area contributed by atoms with Crippen molar-refractivity contribution >= 4 is 28.5 Å². The minimum atomic E-state index is -1.86. The number of carbonyl (C=O) groups is 1. The molecule has 0 spiro atoms. The topological polar surface area (TPSA) is 90.7 Å². The zero-order valence-electron chi connectivity index (χ0n) is 21.4. The predicted octanol–water partition coefficient (Wildman–Crippen LogP) is 3.73. The molecule has 0 radical (unpaired) electrons. The summed E-state index contributed by atoms with van der Waals surface area (Å²) >= 11 is 6.65. The lowest BCUT2D eigenvalue weighted by Gasteiger charge is -2.35. The number of hydrogen-bond acceptors (Lipinski definition) is 6. The van der Waals surface area contributed by atoms with Gasteiger partial charge in [0.1, 0.15) is 18.9 Å². The predicted molar refractivity (Wildman–Crippen MR) is 137 cm³/mol. The van der Waals surface area contributed by atoms with E-state index in [0.717, 1.165) is 21.0 Å². The number of nitrogens with zero attached hydrogens (tertiary/aromatic N) is 3. The minimum absolute atomic E-state index is 0.0996. The first-order chi connectivity index (χ1) is 16.9. The molecule has 1 N–H and O–H groups in total. The third-order valence-corrected chi connectivity index (χ3v) is 8.27. The third-order valence-electron chi connectivity index (χ3n) is 7.99. The second-order valence-electron chi connectivity index (χ2n) is 10.6. The first-order valence-electron chi connectivity index (χ1n) is 12.1. The van der Waals surface area contributed by atoms with Gasteiger partial charge in [0, 0.05) is 16.5 Å². The van der Waals surface area contributed by atoms with E-state index >= 15 is 0 Å². The van der Waals surface area contributed by atoms with E-state index in [0.29, 0.717) is 57.9 Å². The van der Waals surface area contributed by atoms with Gasteiger partial charge in [0.25, 0.3) is 5.56 Å². The van der Waals surface area contributed by atoms with E-state index in [2.05, 4.69) is 34.0 Å². The van der Waals surface area contributed by atoms with Gasteiger partial charge < -0.3 is 23.6 Å². The number of cyclic esters (lactones) is 1. The normalized spacial score (nSPS) is 18.8. The number of quaternary nitrogens is 1. The quantitative estimate of drug-likeness (QED) is 0.324. The monoisotopic (exact) mass is 512 g/mol. The highest BCUT2D eigenvalue weighted by molar-refractivity contribution is 6.33. The molecule has 3 aromatic rings. The van der Waals surface area contributed by atoms with Crippen LogP contribution >= 0.6 is 11.6 Å². The third kappa shape index (κ3) is 3.46. The molecule has 0 unspecified atom stereocenters. The minimum Gasteiger partial charge on any atom is -0.495 e. The fraction of sp³-hybridized carbons (Fsp3) is 0.444. The molecule has 0 bridgehead atoms. The molecule has 2 aromatic heterocycles. The van der Waals surface area contributed by atoms with Crippen molar-refractivity contribution in [2.24, 2.45) is 0 Å². The van der Waals surface area contributed by atoms with Gasteiger partial charge in [-0.2, -0.15) is 0 Å². The molecule has 5 rings (SSSR count). The van der Waals surface area contributed by atoms with Gasteiger partial charge in [-0.05, 0) is 38.5 Å². The van der Waals surface area contributed by atoms with Crippen LogP contribution in [0.5, 0.6) is 5.75 Å². The smallest absolute Gasteiger partial charge is 0.343 e. The summed E-state index contributed by atoms with van der Waals surface area (Å²) in [5.41, 5.74) is 2.24. The lowest BCUT2D eigenvalue weighted by molar-refractivity contribution is -0.924. The van der Waals surface area contributed by atoms with E-state index in [9.17, 15) is 14.7 Å². The van der Waals surface area contributed by atoms with Crippen LogP contribution in [0.15, 0.2) is 23.0 Å². The molecule has 0 amide bonds. The second-order valence-corrected chi connectivity index (χ2v) is 11.0. The molecule has 1 atom stereocenters. The standard InChI is InChI=1S/C27H31ClN3O5/c1-7-27(34)19-9-22-23-15(11-30(22)25(32)18(19)13-36-26(27)33)8-16-17(12-31(4,5)14(2)3)24(35-6)20(28)10-21(16)29-23/h8-10,14,34H,7,11-13H2,1-6H3/q+1/t27-/m0/s1. The molecule has 1 aromatic carbocycles. The number of fused-ring (bicyclic) bond motifs is 5. The zero-order valence-corrected chi connectivity index (χ0v) is 22.2. The number of methoxy groups -OCH3 is 1. The van der Waals surface area contributed by atoms with Gasteiger partial charge in [-0.15, -0.1) is 0 Å². The molecule has 0 aliphatic carbocycles. The summed E-state index contributed by atoms with van der Waals surface area (Å²) in [7, 11) is 5.94. The molecular formula is C27H31ClN3O5+. The Morgan fingerprint density at radius 2 is 2.00 bits per heavy atom. The van der Waals surface area contributed by atoms with Crippen LogP contribution in [0.1, 0.15) is 49.4 Å². The van der Waals surface area contributed by atoms with Crippen molar-refractivity contribution in [2.75, 3.05) is 21.2 Å². The molecule has 0 saturated carbocycles. The maximum Gasteiger partial charge on any atom is 0.343 e. The van der Waals surface area contributed by atoms with Crippen LogP contribution in [0, 0.1) is 0 Å². The van der Waals surface area contributed by atoms with Crippen molar-refractivity contribution in [2.45, 2.75) is 58.5 Å². The fourth-order valence-electron chi connectivity index (χ4n) is 5.11. The largest absolute Gasteiger partial charge is 0.495 e. The number of aromatic nitrogens is 2. The van der Waals surface area contributed by atoms with Crippen LogP contribution in [0.25, 0.3) is 22.3 Å². The van der Waals surface area contributed by atoms with Crippen LogP contribution < -0.4 is 10.3 Å². The number of esters is 1. The second kappa shape index (κ2) is 8.30. The summed E-state index contributed by atoms with van der Waals surface area (Å²) in [4.78, 5) is 30.8. The van der Waals surface area contributed by atoms with Crippen molar-refractivity contribution in [3.05, 3.63) is 55.8 Å². The lowest BCUT2D eigenvalue weighted by Crippen LogP contribution is -2.44. The Hall–Kier alpha value is -2.94. The van der Waals surface area contributed by atoms with E-state index in [1.807, 2.05) is 0 Å². The van der Waals surface area contributed by atoms with E-state index in [1.165, 1.54) is 0 Å². The number of carbonyl (C=O) groups excluding carboxylic acids is 1. The molecule has 36 heavy (non-hydrogen) atoms.